The highest BCUT2D eigenvalue weighted by Crippen LogP contribution is 2.36. The van der Waals surface area contributed by atoms with E-state index in [9.17, 15) is 0 Å². The van der Waals surface area contributed by atoms with Gasteiger partial charge >= 0.3 is 0 Å². The Morgan fingerprint density at radius 1 is 1.24 bits per heavy atom. The van der Waals surface area contributed by atoms with Crippen LogP contribution in [0.3, 0.4) is 0 Å². The summed E-state index contributed by atoms with van der Waals surface area (Å²) in [5, 5.41) is 0. The molecule has 1 fully saturated rings. The van der Waals surface area contributed by atoms with Gasteiger partial charge in [-0.2, -0.15) is 0 Å². The Morgan fingerprint density at radius 3 is 2.41 bits per heavy atom. The monoisotopic (exact) mass is 296 g/mol. The number of halogens is 1. The molecule has 1 aliphatic rings. The first-order valence-corrected chi connectivity index (χ1v) is 7.07. The van der Waals surface area contributed by atoms with E-state index in [-0.39, 0.29) is 0 Å². The lowest BCUT2D eigenvalue weighted by atomic mass is 9.82. The second kappa shape index (κ2) is 4.60. The summed E-state index contributed by atoms with van der Waals surface area (Å²) in [6, 6.07) is 2.19. The smallest absolute Gasteiger partial charge is 0.0621 e. The third-order valence-corrected chi connectivity index (χ3v) is 4.67. The molecule has 0 atom stereocenters. The molecule has 2 rings (SSSR count). The SMILES string of the molecule is Cc1cc(N2CCC(C)(C)CC2)c(Br)c(C)n1. The molecule has 0 saturated carbocycles. The Bertz CT molecular complexity index is 416. The number of piperidine rings is 1. The molecule has 94 valence electrons. The second-order valence-electron chi connectivity index (χ2n) is 5.83. The van der Waals surface area contributed by atoms with Crippen molar-refractivity contribution < 1.29 is 0 Å². The zero-order chi connectivity index (χ0) is 12.6. The zero-order valence-corrected chi connectivity index (χ0v) is 12.8. The molecule has 1 saturated heterocycles. The van der Waals surface area contributed by atoms with Crippen LogP contribution in [0.1, 0.15) is 38.1 Å². The second-order valence-corrected chi connectivity index (χ2v) is 6.63. The molecule has 2 nitrogen and oxygen atoms in total. The minimum Gasteiger partial charge on any atom is -0.370 e. The molecule has 1 aromatic rings. The first kappa shape index (κ1) is 12.9. The van der Waals surface area contributed by atoms with Crippen molar-refractivity contribution in [1.29, 1.82) is 0 Å². The van der Waals surface area contributed by atoms with Crippen LogP contribution < -0.4 is 4.90 Å². The van der Waals surface area contributed by atoms with Gasteiger partial charge in [0, 0.05) is 18.8 Å². The molecule has 0 radical (unpaired) electrons. The Balaban J connectivity index is 2.24. The fourth-order valence-corrected chi connectivity index (χ4v) is 2.83. The van der Waals surface area contributed by atoms with Crippen molar-refractivity contribution in [2.75, 3.05) is 18.0 Å². The maximum absolute atomic E-state index is 4.48. The molecule has 17 heavy (non-hydrogen) atoms. The highest BCUT2D eigenvalue weighted by molar-refractivity contribution is 9.10. The number of anilines is 1. The number of pyridine rings is 1. The summed E-state index contributed by atoms with van der Waals surface area (Å²) in [4.78, 5) is 6.97. The maximum atomic E-state index is 4.48. The first-order valence-electron chi connectivity index (χ1n) is 6.28. The summed E-state index contributed by atoms with van der Waals surface area (Å²) in [5.41, 5.74) is 4.00. The van der Waals surface area contributed by atoms with E-state index in [1.54, 1.807) is 0 Å². The molecule has 2 heterocycles. The van der Waals surface area contributed by atoms with E-state index in [2.05, 4.69) is 59.6 Å². The van der Waals surface area contributed by atoms with Gasteiger partial charge in [-0.15, -0.1) is 0 Å². The van der Waals surface area contributed by atoms with Crippen LogP contribution in [0.2, 0.25) is 0 Å². The third kappa shape index (κ3) is 2.82. The molecule has 1 aromatic heterocycles. The quantitative estimate of drug-likeness (QED) is 0.776. The number of aromatic nitrogens is 1. The van der Waals surface area contributed by atoms with Crippen molar-refractivity contribution in [1.82, 2.24) is 4.98 Å². The minimum atomic E-state index is 0.500. The van der Waals surface area contributed by atoms with Gasteiger partial charge < -0.3 is 4.90 Å². The first-order chi connectivity index (χ1) is 7.89. The van der Waals surface area contributed by atoms with Crippen molar-refractivity contribution in [3.8, 4) is 0 Å². The standard InChI is InChI=1S/C14H21BrN2/c1-10-9-12(13(15)11(2)16-10)17-7-5-14(3,4)6-8-17/h9H,5-8H2,1-4H3. The summed E-state index contributed by atoms with van der Waals surface area (Å²) >= 11 is 3.67. The molecule has 0 N–H and O–H groups in total. The lowest BCUT2D eigenvalue weighted by Crippen LogP contribution is -2.37. The molecule has 0 aliphatic carbocycles. The lowest BCUT2D eigenvalue weighted by Gasteiger charge is -2.38. The summed E-state index contributed by atoms with van der Waals surface area (Å²) in [6.07, 6.45) is 2.53. The van der Waals surface area contributed by atoms with Crippen LogP contribution >= 0.6 is 15.9 Å². The molecule has 1 aliphatic heterocycles. The van der Waals surface area contributed by atoms with E-state index in [4.69, 9.17) is 0 Å². The Kier molecular flexibility index (Phi) is 3.48. The van der Waals surface area contributed by atoms with Gasteiger partial charge in [-0.3, -0.25) is 4.98 Å². The molecule has 0 aromatic carbocycles. The average Bonchev–Trinajstić information content (AvgIpc) is 2.24. The van der Waals surface area contributed by atoms with Crippen molar-refractivity contribution >= 4 is 21.6 Å². The summed E-state index contributed by atoms with van der Waals surface area (Å²) < 4.78 is 1.16. The van der Waals surface area contributed by atoms with E-state index >= 15 is 0 Å². The molecule has 0 bridgehead atoms. The number of nitrogens with zero attached hydrogens (tertiary/aromatic N) is 2. The highest BCUT2D eigenvalue weighted by atomic mass is 79.9. The third-order valence-electron chi connectivity index (χ3n) is 3.69. The Hall–Kier alpha value is -0.570. The topological polar surface area (TPSA) is 16.1 Å². The Labute approximate surface area is 113 Å². The van der Waals surface area contributed by atoms with Crippen LogP contribution in [0.4, 0.5) is 5.69 Å². The fraction of sp³-hybridized carbons (Fsp3) is 0.643. The number of hydrogen-bond acceptors (Lipinski definition) is 2. The van der Waals surface area contributed by atoms with E-state index < -0.39 is 0 Å². The van der Waals surface area contributed by atoms with Gasteiger partial charge in [-0.05, 0) is 54.1 Å². The van der Waals surface area contributed by atoms with E-state index in [0.717, 1.165) is 29.0 Å². The van der Waals surface area contributed by atoms with Crippen LogP contribution in [-0.2, 0) is 0 Å². The minimum absolute atomic E-state index is 0.500. The molecule has 0 amide bonds. The number of rotatable bonds is 1. The van der Waals surface area contributed by atoms with Crippen LogP contribution in [0.15, 0.2) is 10.5 Å². The maximum Gasteiger partial charge on any atom is 0.0621 e. The van der Waals surface area contributed by atoms with Gasteiger partial charge in [0.15, 0.2) is 0 Å². The highest BCUT2D eigenvalue weighted by Gasteiger charge is 2.26. The predicted molar refractivity (Wildman–Crippen MR) is 76.6 cm³/mol. The zero-order valence-electron chi connectivity index (χ0n) is 11.2. The number of hydrogen-bond donors (Lipinski definition) is 0. The molecule has 0 spiro atoms. The van der Waals surface area contributed by atoms with Crippen LogP contribution in [0, 0.1) is 19.3 Å². The molecule has 0 unspecified atom stereocenters. The largest absolute Gasteiger partial charge is 0.370 e. The molecular formula is C14H21BrN2. The summed E-state index contributed by atoms with van der Waals surface area (Å²) in [5.74, 6) is 0. The molecule has 3 heteroatoms. The van der Waals surface area contributed by atoms with Crippen molar-refractivity contribution in [3.05, 3.63) is 21.9 Å². The van der Waals surface area contributed by atoms with Crippen LogP contribution in [-0.4, -0.2) is 18.1 Å². The van der Waals surface area contributed by atoms with E-state index in [0.29, 0.717) is 5.41 Å². The van der Waals surface area contributed by atoms with Crippen LogP contribution in [0.5, 0.6) is 0 Å². The lowest BCUT2D eigenvalue weighted by molar-refractivity contribution is 0.279. The van der Waals surface area contributed by atoms with E-state index in [1.165, 1.54) is 18.5 Å². The van der Waals surface area contributed by atoms with Gasteiger partial charge in [0.1, 0.15) is 0 Å². The van der Waals surface area contributed by atoms with Crippen LogP contribution in [0.25, 0.3) is 0 Å². The van der Waals surface area contributed by atoms with Gasteiger partial charge in [-0.25, -0.2) is 0 Å². The Morgan fingerprint density at radius 2 is 1.82 bits per heavy atom. The van der Waals surface area contributed by atoms with Gasteiger partial charge in [0.2, 0.25) is 0 Å². The normalized spacial score (nSPS) is 19.5. The predicted octanol–water partition coefficient (Wildman–Crippen LogP) is 4.09. The van der Waals surface area contributed by atoms with Crippen molar-refractivity contribution in [3.63, 3.8) is 0 Å². The van der Waals surface area contributed by atoms with Gasteiger partial charge in [0.05, 0.1) is 15.9 Å². The summed E-state index contributed by atoms with van der Waals surface area (Å²) in [7, 11) is 0. The van der Waals surface area contributed by atoms with Crippen molar-refractivity contribution in [2.45, 2.75) is 40.5 Å². The van der Waals surface area contributed by atoms with Gasteiger partial charge in [0.25, 0.3) is 0 Å². The van der Waals surface area contributed by atoms with Crippen molar-refractivity contribution in [2.24, 2.45) is 5.41 Å². The average molecular weight is 297 g/mol. The van der Waals surface area contributed by atoms with E-state index in [1.807, 2.05) is 0 Å². The molecular weight excluding hydrogens is 276 g/mol. The number of aryl methyl sites for hydroxylation is 2. The van der Waals surface area contributed by atoms with Gasteiger partial charge in [-0.1, -0.05) is 13.8 Å². The fourth-order valence-electron chi connectivity index (χ4n) is 2.38. The summed E-state index contributed by atoms with van der Waals surface area (Å²) in [6.45, 7) is 11.2.